The SMILES string of the molecule is O=C(Cc1cnn(-c2ccccc2)c1)OCC(=O)c1ccc(Cl)cc1Cl. The van der Waals surface area contributed by atoms with Crippen LogP contribution in [0.15, 0.2) is 60.9 Å². The normalized spacial score (nSPS) is 10.5. The Kier molecular flexibility index (Phi) is 5.71. The van der Waals surface area contributed by atoms with E-state index in [1.165, 1.54) is 12.1 Å². The van der Waals surface area contributed by atoms with Gasteiger partial charge in [0.2, 0.25) is 5.78 Å². The molecule has 0 atom stereocenters. The number of halogens is 2. The second kappa shape index (κ2) is 8.17. The Morgan fingerprint density at radius 3 is 2.58 bits per heavy atom. The number of benzene rings is 2. The number of para-hydroxylation sites is 1. The zero-order valence-electron chi connectivity index (χ0n) is 13.6. The molecule has 0 spiro atoms. The Morgan fingerprint density at radius 1 is 1.08 bits per heavy atom. The van der Waals surface area contributed by atoms with Crippen molar-refractivity contribution in [3.05, 3.63) is 82.1 Å². The van der Waals surface area contributed by atoms with Crippen molar-refractivity contribution in [2.45, 2.75) is 6.42 Å². The van der Waals surface area contributed by atoms with E-state index in [1.807, 2.05) is 30.3 Å². The highest BCUT2D eigenvalue weighted by molar-refractivity contribution is 6.36. The number of ketones is 1. The molecule has 0 saturated heterocycles. The summed E-state index contributed by atoms with van der Waals surface area (Å²) >= 11 is 11.8. The second-order valence-corrected chi connectivity index (χ2v) is 6.36. The highest BCUT2D eigenvalue weighted by Gasteiger charge is 2.14. The number of carbonyl (C=O) groups is 2. The Hall–Kier alpha value is -2.63. The van der Waals surface area contributed by atoms with Gasteiger partial charge in [-0.05, 0) is 30.3 Å². The van der Waals surface area contributed by atoms with Gasteiger partial charge in [-0.2, -0.15) is 5.10 Å². The molecule has 132 valence electrons. The van der Waals surface area contributed by atoms with Gasteiger partial charge in [-0.15, -0.1) is 0 Å². The lowest BCUT2D eigenvalue weighted by atomic mass is 10.1. The summed E-state index contributed by atoms with van der Waals surface area (Å²) in [5, 5.41) is 4.87. The number of carbonyl (C=O) groups excluding carboxylic acids is 2. The van der Waals surface area contributed by atoms with E-state index in [2.05, 4.69) is 5.10 Å². The van der Waals surface area contributed by atoms with E-state index in [1.54, 1.807) is 23.1 Å². The number of esters is 1. The van der Waals surface area contributed by atoms with Gasteiger partial charge in [0.25, 0.3) is 0 Å². The van der Waals surface area contributed by atoms with Crippen molar-refractivity contribution >= 4 is 35.0 Å². The van der Waals surface area contributed by atoms with Gasteiger partial charge in [0.15, 0.2) is 6.61 Å². The summed E-state index contributed by atoms with van der Waals surface area (Å²) in [4.78, 5) is 24.1. The second-order valence-electron chi connectivity index (χ2n) is 5.51. The summed E-state index contributed by atoms with van der Waals surface area (Å²) in [6.45, 7) is -0.382. The van der Waals surface area contributed by atoms with Crippen molar-refractivity contribution in [3.63, 3.8) is 0 Å². The summed E-state index contributed by atoms with van der Waals surface area (Å²) in [7, 11) is 0. The molecule has 3 aromatic rings. The Labute approximate surface area is 160 Å². The quantitative estimate of drug-likeness (QED) is 0.470. The molecule has 26 heavy (non-hydrogen) atoms. The van der Waals surface area contributed by atoms with Crippen LogP contribution < -0.4 is 0 Å². The smallest absolute Gasteiger partial charge is 0.310 e. The summed E-state index contributed by atoms with van der Waals surface area (Å²) < 4.78 is 6.71. The van der Waals surface area contributed by atoms with Crippen LogP contribution in [0.4, 0.5) is 0 Å². The molecule has 0 aliphatic carbocycles. The van der Waals surface area contributed by atoms with Crippen LogP contribution >= 0.6 is 23.2 Å². The Balaban J connectivity index is 1.56. The average molecular weight is 389 g/mol. The molecule has 0 N–H and O–H groups in total. The maximum Gasteiger partial charge on any atom is 0.310 e. The third-order valence-electron chi connectivity index (χ3n) is 3.60. The van der Waals surface area contributed by atoms with Crippen molar-refractivity contribution in [2.24, 2.45) is 0 Å². The van der Waals surface area contributed by atoms with Crippen LogP contribution in [0.5, 0.6) is 0 Å². The maximum absolute atomic E-state index is 12.1. The van der Waals surface area contributed by atoms with Gasteiger partial charge in [0.05, 0.1) is 23.3 Å². The van der Waals surface area contributed by atoms with Crippen molar-refractivity contribution in [2.75, 3.05) is 6.61 Å². The molecule has 1 aromatic heterocycles. The molecule has 3 rings (SSSR count). The molecule has 0 amide bonds. The van der Waals surface area contributed by atoms with Crippen molar-refractivity contribution < 1.29 is 14.3 Å². The number of nitrogens with zero attached hydrogens (tertiary/aromatic N) is 2. The Morgan fingerprint density at radius 2 is 1.85 bits per heavy atom. The summed E-state index contributed by atoms with van der Waals surface area (Å²) in [6, 6.07) is 14.1. The van der Waals surface area contributed by atoms with Crippen LogP contribution in [-0.4, -0.2) is 28.1 Å². The molecule has 7 heteroatoms. The van der Waals surface area contributed by atoms with Crippen LogP contribution in [-0.2, 0) is 16.0 Å². The van der Waals surface area contributed by atoms with Gasteiger partial charge < -0.3 is 4.74 Å². The molecule has 0 radical (unpaired) electrons. The predicted octanol–water partition coefficient (Wildman–Crippen LogP) is 4.15. The first-order valence-corrected chi connectivity index (χ1v) is 8.51. The molecule has 0 aliphatic heterocycles. The van der Waals surface area contributed by atoms with Gasteiger partial charge in [-0.3, -0.25) is 9.59 Å². The fourth-order valence-electron chi connectivity index (χ4n) is 2.33. The van der Waals surface area contributed by atoms with E-state index in [4.69, 9.17) is 27.9 Å². The fraction of sp³-hybridized carbons (Fsp3) is 0.105. The van der Waals surface area contributed by atoms with Gasteiger partial charge >= 0.3 is 5.97 Å². The molecular formula is C19H14Cl2N2O3. The predicted molar refractivity (Wildman–Crippen MR) is 99.0 cm³/mol. The van der Waals surface area contributed by atoms with E-state index in [9.17, 15) is 9.59 Å². The highest BCUT2D eigenvalue weighted by atomic mass is 35.5. The van der Waals surface area contributed by atoms with Crippen LogP contribution in [0, 0.1) is 0 Å². The Bertz CT molecular complexity index is 939. The molecule has 5 nitrogen and oxygen atoms in total. The molecular weight excluding hydrogens is 375 g/mol. The first-order chi connectivity index (χ1) is 12.5. The highest BCUT2D eigenvalue weighted by Crippen LogP contribution is 2.21. The van der Waals surface area contributed by atoms with Crippen molar-refractivity contribution in [1.29, 1.82) is 0 Å². The van der Waals surface area contributed by atoms with Gasteiger partial charge in [-0.25, -0.2) is 4.68 Å². The van der Waals surface area contributed by atoms with Gasteiger partial charge in [0.1, 0.15) is 0 Å². The van der Waals surface area contributed by atoms with E-state index in [0.717, 1.165) is 5.69 Å². The number of hydrogen-bond acceptors (Lipinski definition) is 4. The van der Waals surface area contributed by atoms with Crippen LogP contribution in [0.2, 0.25) is 10.0 Å². The lowest BCUT2D eigenvalue weighted by molar-refractivity contribution is -0.141. The van der Waals surface area contributed by atoms with E-state index < -0.39 is 5.97 Å². The van der Waals surface area contributed by atoms with E-state index in [0.29, 0.717) is 10.6 Å². The lowest BCUT2D eigenvalue weighted by Crippen LogP contribution is -2.15. The van der Waals surface area contributed by atoms with E-state index >= 15 is 0 Å². The largest absolute Gasteiger partial charge is 0.457 e. The number of Topliss-reactive ketones (excluding diaryl/α,β-unsaturated/α-hetero) is 1. The molecule has 1 heterocycles. The minimum atomic E-state index is -0.518. The lowest BCUT2D eigenvalue weighted by Gasteiger charge is -2.05. The topological polar surface area (TPSA) is 61.2 Å². The molecule has 0 aliphatic rings. The molecule has 0 saturated carbocycles. The first kappa shape index (κ1) is 18.2. The fourth-order valence-corrected chi connectivity index (χ4v) is 2.84. The number of aromatic nitrogens is 2. The minimum absolute atomic E-state index is 0.0223. The van der Waals surface area contributed by atoms with Crippen LogP contribution in [0.25, 0.3) is 5.69 Å². The molecule has 0 bridgehead atoms. The summed E-state index contributed by atoms with van der Waals surface area (Å²) in [5.74, 6) is -0.906. The third kappa shape index (κ3) is 4.50. The molecule has 0 fully saturated rings. The van der Waals surface area contributed by atoms with Crippen molar-refractivity contribution in [3.8, 4) is 5.69 Å². The zero-order chi connectivity index (χ0) is 18.5. The standard InChI is InChI=1S/C19H14Cl2N2O3/c20-14-6-7-16(17(21)9-14)18(24)12-26-19(25)8-13-10-22-23(11-13)15-4-2-1-3-5-15/h1-7,9-11H,8,12H2. The van der Waals surface area contributed by atoms with E-state index in [-0.39, 0.29) is 29.4 Å². The summed E-state index contributed by atoms with van der Waals surface area (Å²) in [6.07, 6.45) is 3.36. The van der Waals surface area contributed by atoms with Gasteiger partial charge in [-0.1, -0.05) is 41.4 Å². The molecule has 2 aromatic carbocycles. The van der Waals surface area contributed by atoms with Crippen LogP contribution in [0.3, 0.4) is 0 Å². The van der Waals surface area contributed by atoms with Gasteiger partial charge in [0, 0.05) is 22.3 Å². The monoisotopic (exact) mass is 388 g/mol. The number of ether oxygens (including phenoxy) is 1. The third-order valence-corrected chi connectivity index (χ3v) is 4.15. The van der Waals surface area contributed by atoms with Crippen molar-refractivity contribution in [1.82, 2.24) is 9.78 Å². The van der Waals surface area contributed by atoms with Crippen LogP contribution in [0.1, 0.15) is 15.9 Å². The first-order valence-electron chi connectivity index (χ1n) is 7.76. The minimum Gasteiger partial charge on any atom is -0.457 e. The number of hydrogen-bond donors (Lipinski definition) is 0. The summed E-state index contributed by atoms with van der Waals surface area (Å²) in [5.41, 5.74) is 1.84. The number of rotatable bonds is 6. The maximum atomic E-state index is 12.1. The average Bonchev–Trinajstić information content (AvgIpc) is 3.09. The molecule has 0 unspecified atom stereocenters. The zero-order valence-corrected chi connectivity index (χ0v) is 15.1.